The third-order valence-corrected chi connectivity index (χ3v) is 3.38. The number of rotatable bonds is 3. The lowest BCUT2D eigenvalue weighted by Gasteiger charge is -2.35. The van der Waals surface area contributed by atoms with E-state index in [4.69, 9.17) is 15.2 Å². The number of anilines is 1. The van der Waals surface area contributed by atoms with E-state index in [-0.39, 0.29) is 6.04 Å². The van der Waals surface area contributed by atoms with Crippen LogP contribution in [0.15, 0.2) is 6.07 Å². The van der Waals surface area contributed by atoms with Crippen LogP contribution in [0.4, 0.5) is 5.95 Å². The summed E-state index contributed by atoms with van der Waals surface area (Å²) >= 11 is 0. The molecule has 0 aliphatic carbocycles. The summed E-state index contributed by atoms with van der Waals surface area (Å²) < 4.78 is 10.3. The molecule has 0 radical (unpaired) electrons. The fourth-order valence-electron chi connectivity index (χ4n) is 2.02. The molecular weight excluding hydrogens is 232 g/mol. The summed E-state index contributed by atoms with van der Waals surface area (Å²) in [7, 11) is 3.16. The van der Waals surface area contributed by atoms with Gasteiger partial charge in [0.15, 0.2) is 0 Å². The summed E-state index contributed by atoms with van der Waals surface area (Å²) in [5, 5.41) is 0. The van der Waals surface area contributed by atoms with Crippen LogP contribution in [0.25, 0.3) is 0 Å². The highest BCUT2D eigenvalue weighted by Crippen LogP contribution is 2.24. The molecule has 2 N–H and O–H groups in total. The number of piperidine rings is 1. The minimum absolute atomic E-state index is 0.152. The molecule has 1 saturated heterocycles. The van der Waals surface area contributed by atoms with Gasteiger partial charge < -0.3 is 20.1 Å². The monoisotopic (exact) mass is 252 g/mol. The molecule has 0 bridgehead atoms. The molecule has 0 saturated carbocycles. The van der Waals surface area contributed by atoms with Crippen molar-refractivity contribution in [2.75, 3.05) is 32.2 Å². The van der Waals surface area contributed by atoms with Gasteiger partial charge in [0.25, 0.3) is 0 Å². The highest BCUT2D eigenvalue weighted by atomic mass is 16.5. The van der Waals surface area contributed by atoms with Crippen molar-refractivity contribution in [3.8, 4) is 11.8 Å². The quantitative estimate of drug-likeness (QED) is 0.852. The van der Waals surface area contributed by atoms with Gasteiger partial charge in [-0.2, -0.15) is 9.97 Å². The minimum atomic E-state index is 0.152. The van der Waals surface area contributed by atoms with E-state index in [1.807, 2.05) is 0 Å². The number of ether oxygens (including phenoxy) is 2. The van der Waals surface area contributed by atoms with E-state index in [0.717, 1.165) is 19.5 Å². The van der Waals surface area contributed by atoms with Gasteiger partial charge in [-0.1, -0.05) is 6.92 Å². The van der Waals surface area contributed by atoms with Crippen LogP contribution in [0.2, 0.25) is 0 Å². The first-order chi connectivity index (χ1) is 8.63. The second-order valence-electron chi connectivity index (χ2n) is 4.63. The number of nitrogens with two attached hydrogens (primary N) is 1. The van der Waals surface area contributed by atoms with Crippen molar-refractivity contribution in [1.29, 1.82) is 0 Å². The third-order valence-electron chi connectivity index (χ3n) is 3.38. The van der Waals surface area contributed by atoms with Crippen LogP contribution in [0, 0.1) is 5.92 Å². The Morgan fingerprint density at radius 3 is 2.39 bits per heavy atom. The summed E-state index contributed by atoms with van der Waals surface area (Å²) in [6, 6.07) is 1.82. The molecule has 100 valence electrons. The van der Waals surface area contributed by atoms with Crippen LogP contribution in [-0.2, 0) is 0 Å². The van der Waals surface area contributed by atoms with Crippen molar-refractivity contribution in [3.05, 3.63) is 6.07 Å². The van der Waals surface area contributed by atoms with Gasteiger partial charge in [-0.3, -0.25) is 0 Å². The largest absolute Gasteiger partial charge is 0.481 e. The van der Waals surface area contributed by atoms with E-state index >= 15 is 0 Å². The topological polar surface area (TPSA) is 73.5 Å². The summed E-state index contributed by atoms with van der Waals surface area (Å²) in [6.07, 6.45) is 1.05. The van der Waals surface area contributed by atoms with E-state index < -0.39 is 0 Å². The average molecular weight is 252 g/mol. The Balaban J connectivity index is 2.22. The Labute approximate surface area is 107 Å². The first-order valence-electron chi connectivity index (χ1n) is 6.11. The molecule has 0 amide bonds. The molecular formula is C12H20N4O2. The Hall–Kier alpha value is -1.56. The molecule has 1 fully saturated rings. The van der Waals surface area contributed by atoms with Crippen LogP contribution in [0.5, 0.6) is 11.8 Å². The summed E-state index contributed by atoms with van der Waals surface area (Å²) in [5.74, 6) is 2.16. The van der Waals surface area contributed by atoms with Crippen LogP contribution >= 0.6 is 0 Å². The molecule has 6 nitrogen and oxygen atoms in total. The predicted molar refractivity (Wildman–Crippen MR) is 69.1 cm³/mol. The fraction of sp³-hybridized carbons (Fsp3) is 0.667. The second kappa shape index (κ2) is 5.39. The van der Waals surface area contributed by atoms with Gasteiger partial charge in [0, 0.05) is 19.1 Å². The van der Waals surface area contributed by atoms with E-state index in [9.17, 15) is 0 Å². The molecule has 18 heavy (non-hydrogen) atoms. The zero-order valence-corrected chi connectivity index (χ0v) is 11.1. The van der Waals surface area contributed by atoms with Gasteiger partial charge in [0.2, 0.25) is 17.7 Å². The van der Waals surface area contributed by atoms with Crippen LogP contribution in [-0.4, -0.2) is 43.3 Å². The van der Waals surface area contributed by atoms with Gasteiger partial charge in [0.05, 0.1) is 20.3 Å². The lowest BCUT2D eigenvalue weighted by Crippen LogP contribution is -2.48. The maximum absolute atomic E-state index is 6.09. The van der Waals surface area contributed by atoms with Crippen molar-refractivity contribution < 1.29 is 9.47 Å². The summed E-state index contributed by atoms with van der Waals surface area (Å²) in [4.78, 5) is 10.8. The molecule has 6 heteroatoms. The molecule has 0 spiro atoms. The number of methoxy groups -OCH3 is 2. The minimum Gasteiger partial charge on any atom is -0.481 e. The third kappa shape index (κ3) is 2.64. The molecule has 1 aromatic heterocycles. The lowest BCUT2D eigenvalue weighted by atomic mass is 9.94. The Morgan fingerprint density at radius 2 is 1.89 bits per heavy atom. The molecule has 1 aliphatic rings. The molecule has 2 rings (SSSR count). The predicted octanol–water partition coefficient (Wildman–Crippen LogP) is 0.667. The standard InChI is InChI=1S/C12H20N4O2/c1-8-4-5-16(7-9(8)13)12-14-10(17-2)6-11(15-12)18-3/h6,8-9H,4-5,7,13H2,1-3H3. The molecule has 1 aliphatic heterocycles. The maximum atomic E-state index is 6.09. The number of hydrogen-bond donors (Lipinski definition) is 1. The van der Waals surface area contributed by atoms with Crippen LogP contribution in [0.1, 0.15) is 13.3 Å². The van der Waals surface area contributed by atoms with Gasteiger partial charge in [0.1, 0.15) is 0 Å². The van der Waals surface area contributed by atoms with Crippen molar-refractivity contribution in [3.63, 3.8) is 0 Å². The summed E-state index contributed by atoms with van der Waals surface area (Å²) in [6.45, 7) is 3.84. The van der Waals surface area contributed by atoms with Gasteiger partial charge >= 0.3 is 0 Å². The Kier molecular flexibility index (Phi) is 3.86. The van der Waals surface area contributed by atoms with Gasteiger partial charge in [-0.15, -0.1) is 0 Å². The van der Waals surface area contributed by atoms with Crippen molar-refractivity contribution >= 4 is 5.95 Å². The summed E-state index contributed by atoms with van der Waals surface area (Å²) in [5.41, 5.74) is 6.09. The molecule has 0 aromatic carbocycles. The SMILES string of the molecule is COc1cc(OC)nc(N2CCC(C)C(N)C2)n1. The highest BCUT2D eigenvalue weighted by Gasteiger charge is 2.25. The molecule has 1 aromatic rings. The van der Waals surface area contributed by atoms with Gasteiger partial charge in [-0.05, 0) is 12.3 Å². The van der Waals surface area contributed by atoms with Crippen molar-refractivity contribution in [2.24, 2.45) is 11.7 Å². The number of hydrogen-bond acceptors (Lipinski definition) is 6. The Morgan fingerprint density at radius 1 is 1.28 bits per heavy atom. The average Bonchev–Trinajstić information content (AvgIpc) is 2.41. The van der Waals surface area contributed by atoms with E-state index in [2.05, 4.69) is 21.8 Å². The van der Waals surface area contributed by atoms with Crippen molar-refractivity contribution in [1.82, 2.24) is 9.97 Å². The first-order valence-corrected chi connectivity index (χ1v) is 6.11. The van der Waals surface area contributed by atoms with Crippen LogP contribution in [0.3, 0.4) is 0 Å². The van der Waals surface area contributed by atoms with E-state index in [1.165, 1.54) is 0 Å². The first kappa shape index (κ1) is 12.9. The lowest BCUT2D eigenvalue weighted by molar-refractivity contribution is 0.359. The highest BCUT2D eigenvalue weighted by molar-refractivity contribution is 5.37. The zero-order chi connectivity index (χ0) is 13.1. The molecule has 2 unspecified atom stereocenters. The Bertz CT molecular complexity index is 391. The van der Waals surface area contributed by atoms with Crippen molar-refractivity contribution in [2.45, 2.75) is 19.4 Å². The van der Waals surface area contributed by atoms with E-state index in [1.54, 1.807) is 20.3 Å². The second-order valence-corrected chi connectivity index (χ2v) is 4.63. The fourth-order valence-corrected chi connectivity index (χ4v) is 2.02. The smallest absolute Gasteiger partial charge is 0.232 e. The zero-order valence-electron chi connectivity index (χ0n) is 11.1. The van der Waals surface area contributed by atoms with E-state index in [0.29, 0.717) is 23.6 Å². The molecule has 2 heterocycles. The molecule has 2 atom stereocenters. The van der Waals surface area contributed by atoms with Gasteiger partial charge in [-0.25, -0.2) is 0 Å². The van der Waals surface area contributed by atoms with Crippen LogP contribution < -0.4 is 20.1 Å². The number of nitrogens with zero attached hydrogens (tertiary/aromatic N) is 3. The normalized spacial score (nSPS) is 23.9. The number of aromatic nitrogens is 2. The maximum Gasteiger partial charge on any atom is 0.232 e.